The standard InChI is InChI=1S/C23H22Cl2N4O2/c1-2-3-4-19(30)14-28-23(31)29-22(27-28)21(16-7-11-18(25)12-8-16)20(13-26-29)15-5-9-17(24)10-6-15/h5-13,19,30H,2-4,14H2,1H3. The van der Waals surface area contributed by atoms with Gasteiger partial charge < -0.3 is 5.11 Å². The van der Waals surface area contributed by atoms with Crippen LogP contribution in [0.2, 0.25) is 10.0 Å². The minimum absolute atomic E-state index is 0.124. The summed E-state index contributed by atoms with van der Waals surface area (Å²) in [5, 5.41) is 20.5. The Morgan fingerprint density at radius 3 is 2.23 bits per heavy atom. The Morgan fingerprint density at radius 2 is 1.61 bits per heavy atom. The highest BCUT2D eigenvalue weighted by Crippen LogP contribution is 2.34. The first kappa shape index (κ1) is 21.6. The predicted octanol–water partition coefficient (Wildman–Crippen LogP) is 5.08. The van der Waals surface area contributed by atoms with Gasteiger partial charge in [-0.2, -0.15) is 9.61 Å². The molecular weight excluding hydrogens is 435 g/mol. The van der Waals surface area contributed by atoms with Gasteiger partial charge >= 0.3 is 5.69 Å². The molecule has 0 saturated carbocycles. The summed E-state index contributed by atoms with van der Waals surface area (Å²) in [4.78, 5) is 12.9. The van der Waals surface area contributed by atoms with E-state index in [2.05, 4.69) is 17.1 Å². The molecule has 4 aromatic rings. The fraction of sp³-hybridized carbons (Fsp3) is 0.261. The summed E-state index contributed by atoms with van der Waals surface area (Å²) >= 11 is 12.2. The first-order valence-corrected chi connectivity index (χ1v) is 10.9. The maximum atomic E-state index is 12.9. The molecule has 1 N–H and O–H groups in total. The Hall–Kier alpha value is -2.67. The first-order valence-electron chi connectivity index (χ1n) is 10.2. The molecule has 0 aliphatic heterocycles. The second-order valence-electron chi connectivity index (χ2n) is 7.44. The highest BCUT2D eigenvalue weighted by atomic mass is 35.5. The van der Waals surface area contributed by atoms with Crippen molar-refractivity contribution in [2.24, 2.45) is 0 Å². The molecule has 1 atom stereocenters. The molecule has 0 bridgehead atoms. The molecule has 0 aliphatic carbocycles. The van der Waals surface area contributed by atoms with Gasteiger partial charge in [-0.15, -0.1) is 5.10 Å². The van der Waals surface area contributed by atoms with E-state index in [9.17, 15) is 9.90 Å². The van der Waals surface area contributed by atoms with Crippen molar-refractivity contribution in [1.29, 1.82) is 0 Å². The smallest absolute Gasteiger partial charge is 0.367 e. The lowest BCUT2D eigenvalue weighted by molar-refractivity contribution is 0.135. The number of fused-ring (bicyclic) bond motifs is 1. The molecule has 2 aromatic carbocycles. The van der Waals surface area contributed by atoms with E-state index in [1.54, 1.807) is 18.3 Å². The third-order valence-electron chi connectivity index (χ3n) is 5.18. The number of aromatic nitrogens is 4. The van der Waals surface area contributed by atoms with Gasteiger partial charge in [-0.1, -0.05) is 67.2 Å². The number of aliphatic hydroxyl groups is 1. The van der Waals surface area contributed by atoms with Gasteiger partial charge in [-0.3, -0.25) is 0 Å². The van der Waals surface area contributed by atoms with Crippen LogP contribution in [0.5, 0.6) is 0 Å². The Bertz CT molecular complexity index is 1250. The molecule has 0 amide bonds. The summed E-state index contributed by atoms with van der Waals surface area (Å²) in [6.45, 7) is 2.18. The molecule has 4 rings (SSSR count). The van der Waals surface area contributed by atoms with Crippen LogP contribution in [-0.4, -0.2) is 30.6 Å². The molecule has 0 fully saturated rings. The molecule has 31 heavy (non-hydrogen) atoms. The maximum absolute atomic E-state index is 12.9. The molecule has 0 spiro atoms. The number of nitrogens with zero attached hydrogens (tertiary/aromatic N) is 4. The monoisotopic (exact) mass is 456 g/mol. The van der Waals surface area contributed by atoms with E-state index in [-0.39, 0.29) is 12.2 Å². The van der Waals surface area contributed by atoms with E-state index >= 15 is 0 Å². The predicted molar refractivity (Wildman–Crippen MR) is 124 cm³/mol. The largest absolute Gasteiger partial charge is 0.391 e. The quantitative estimate of drug-likeness (QED) is 0.420. The molecule has 0 saturated heterocycles. The fourth-order valence-electron chi connectivity index (χ4n) is 3.56. The van der Waals surface area contributed by atoms with Crippen LogP contribution in [0, 0.1) is 0 Å². The second kappa shape index (κ2) is 9.22. The van der Waals surface area contributed by atoms with Crippen molar-refractivity contribution < 1.29 is 5.11 Å². The second-order valence-corrected chi connectivity index (χ2v) is 8.32. The number of hydrogen-bond acceptors (Lipinski definition) is 4. The normalized spacial score (nSPS) is 12.4. The van der Waals surface area contributed by atoms with Crippen molar-refractivity contribution in [2.45, 2.75) is 38.8 Å². The minimum Gasteiger partial charge on any atom is -0.391 e. The number of unbranched alkanes of at least 4 members (excludes halogenated alkanes) is 1. The summed E-state index contributed by atoms with van der Waals surface area (Å²) < 4.78 is 2.56. The Kier molecular flexibility index (Phi) is 6.41. The Balaban J connectivity index is 1.90. The number of halogens is 2. The van der Waals surface area contributed by atoms with E-state index in [0.717, 1.165) is 35.1 Å². The maximum Gasteiger partial charge on any atom is 0.367 e. The summed E-state index contributed by atoms with van der Waals surface area (Å²) in [5.74, 6) is 0. The summed E-state index contributed by atoms with van der Waals surface area (Å²) in [6, 6.07) is 14.8. The molecular formula is C23H22Cl2N4O2. The topological polar surface area (TPSA) is 72.4 Å². The van der Waals surface area contributed by atoms with Crippen LogP contribution < -0.4 is 5.69 Å². The van der Waals surface area contributed by atoms with Crippen molar-refractivity contribution in [1.82, 2.24) is 19.4 Å². The zero-order valence-electron chi connectivity index (χ0n) is 17.0. The zero-order chi connectivity index (χ0) is 22.0. The van der Waals surface area contributed by atoms with E-state index in [0.29, 0.717) is 22.1 Å². The van der Waals surface area contributed by atoms with Crippen molar-refractivity contribution in [3.05, 3.63) is 75.3 Å². The SMILES string of the molecule is CCCCC(O)Cn1nc2c(-c3ccc(Cl)cc3)c(-c3ccc(Cl)cc3)cnn2c1=O. The van der Waals surface area contributed by atoms with E-state index < -0.39 is 6.10 Å². The van der Waals surface area contributed by atoms with Crippen LogP contribution in [0.25, 0.3) is 27.9 Å². The molecule has 1 unspecified atom stereocenters. The van der Waals surface area contributed by atoms with Gasteiger partial charge in [-0.25, -0.2) is 9.48 Å². The molecule has 2 aromatic heterocycles. The lowest BCUT2D eigenvalue weighted by atomic mass is 9.97. The van der Waals surface area contributed by atoms with E-state index in [4.69, 9.17) is 23.2 Å². The van der Waals surface area contributed by atoms with Crippen LogP contribution >= 0.6 is 23.2 Å². The lowest BCUT2D eigenvalue weighted by Crippen LogP contribution is -2.28. The van der Waals surface area contributed by atoms with Gasteiger partial charge in [0.25, 0.3) is 0 Å². The van der Waals surface area contributed by atoms with Crippen LogP contribution in [0.4, 0.5) is 0 Å². The summed E-state index contributed by atoms with van der Waals surface area (Å²) in [5.41, 5.74) is 3.36. The van der Waals surface area contributed by atoms with Gasteiger partial charge in [0.1, 0.15) is 0 Å². The number of benzene rings is 2. The molecule has 2 heterocycles. The lowest BCUT2D eigenvalue weighted by Gasteiger charge is -2.11. The van der Waals surface area contributed by atoms with Gasteiger partial charge in [0, 0.05) is 21.2 Å². The summed E-state index contributed by atoms with van der Waals surface area (Å²) in [6.07, 6.45) is 3.49. The van der Waals surface area contributed by atoms with E-state index in [1.165, 1.54) is 9.20 Å². The average Bonchev–Trinajstić information content (AvgIpc) is 3.08. The average molecular weight is 457 g/mol. The molecule has 0 radical (unpaired) electrons. The third kappa shape index (κ3) is 4.51. The van der Waals surface area contributed by atoms with Crippen molar-refractivity contribution >= 4 is 28.8 Å². The van der Waals surface area contributed by atoms with Crippen molar-refractivity contribution in [3.8, 4) is 22.3 Å². The van der Waals surface area contributed by atoms with E-state index in [1.807, 2.05) is 36.4 Å². The van der Waals surface area contributed by atoms with Crippen LogP contribution in [0.15, 0.2) is 59.5 Å². The third-order valence-corrected chi connectivity index (χ3v) is 5.68. The Labute approximate surface area is 189 Å². The van der Waals surface area contributed by atoms with Crippen LogP contribution in [0.1, 0.15) is 26.2 Å². The number of hydrogen-bond donors (Lipinski definition) is 1. The molecule has 0 aliphatic rings. The van der Waals surface area contributed by atoms with Crippen LogP contribution in [-0.2, 0) is 6.54 Å². The van der Waals surface area contributed by atoms with Gasteiger partial charge in [-0.05, 0) is 41.8 Å². The van der Waals surface area contributed by atoms with Gasteiger partial charge in [0.15, 0.2) is 5.65 Å². The Morgan fingerprint density at radius 1 is 1.00 bits per heavy atom. The van der Waals surface area contributed by atoms with Crippen molar-refractivity contribution in [3.63, 3.8) is 0 Å². The minimum atomic E-state index is -0.641. The number of aliphatic hydroxyl groups excluding tert-OH is 1. The highest BCUT2D eigenvalue weighted by Gasteiger charge is 2.19. The fourth-order valence-corrected chi connectivity index (χ4v) is 3.81. The van der Waals surface area contributed by atoms with Gasteiger partial charge in [0.2, 0.25) is 0 Å². The highest BCUT2D eigenvalue weighted by molar-refractivity contribution is 6.31. The number of rotatable bonds is 7. The van der Waals surface area contributed by atoms with Gasteiger partial charge in [0.05, 0.1) is 18.8 Å². The van der Waals surface area contributed by atoms with Crippen LogP contribution in [0.3, 0.4) is 0 Å². The molecule has 8 heteroatoms. The summed E-state index contributed by atoms with van der Waals surface area (Å²) in [7, 11) is 0. The zero-order valence-corrected chi connectivity index (χ0v) is 18.5. The first-order chi connectivity index (χ1) is 15.0. The molecule has 160 valence electrons. The molecule has 6 nitrogen and oxygen atoms in total. The van der Waals surface area contributed by atoms with Crippen molar-refractivity contribution in [2.75, 3.05) is 0 Å².